The van der Waals surface area contributed by atoms with Gasteiger partial charge in [0.1, 0.15) is 11.5 Å². The maximum Gasteiger partial charge on any atom is 0.413 e. The van der Waals surface area contributed by atoms with Gasteiger partial charge in [0.25, 0.3) is 5.91 Å². The maximum atomic E-state index is 12.0. The molecular formula is C18H21N3O5. The number of methoxy groups -OCH3 is 1. The molecule has 0 spiro atoms. The van der Waals surface area contributed by atoms with Gasteiger partial charge in [-0.25, -0.2) is 4.79 Å². The third-order valence-electron chi connectivity index (χ3n) is 3.68. The summed E-state index contributed by atoms with van der Waals surface area (Å²) >= 11 is 0. The Balaban J connectivity index is 1.88. The van der Waals surface area contributed by atoms with E-state index >= 15 is 0 Å². The van der Waals surface area contributed by atoms with Crippen LogP contribution >= 0.6 is 0 Å². The summed E-state index contributed by atoms with van der Waals surface area (Å²) in [5.74, 6) is 0.398. The number of aryl methyl sites for hydroxylation is 2. The van der Waals surface area contributed by atoms with Crippen LogP contribution in [-0.2, 0) is 9.53 Å². The van der Waals surface area contributed by atoms with Crippen LogP contribution in [0, 0.1) is 13.8 Å². The van der Waals surface area contributed by atoms with Gasteiger partial charge in [0.15, 0.2) is 0 Å². The molecule has 0 saturated carbocycles. The van der Waals surface area contributed by atoms with Crippen molar-refractivity contribution in [2.75, 3.05) is 30.9 Å². The van der Waals surface area contributed by atoms with Crippen LogP contribution in [0.25, 0.3) is 0 Å². The topological polar surface area (TPSA) is 101 Å². The first-order chi connectivity index (χ1) is 12.3. The molecule has 0 atom stereocenters. The molecule has 1 aromatic carbocycles. The van der Waals surface area contributed by atoms with Crippen LogP contribution in [0.15, 0.2) is 34.7 Å². The van der Waals surface area contributed by atoms with Crippen LogP contribution in [-0.4, -0.2) is 38.6 Å². The molecule has 0 aliphatic carbocycles. The van der Waals surface area contributed by atoms with Gasteiger partial charge in [-0.15, -0.1) is 0 Å². The highest BCUT2D eigenvalue weighted by Gasteiger charge is 2.15. The van der Waals surface area contributed by atoms with Crippen LogP contribution < -0.4 is 15.5 Å². The van der Waals surface area contributed by atoms with Crippen molar-refractivity contribution in [1.82, 2.24) is 5.32 Å². The average molecular weight is 359 g/mol. The highest BCUT2D eigenvalue weighted by atomic mass is 16.5. The molecule has 0 saturated heterocycles. The lowest BCUT2D eigenvalue weighted by molar-refractivity contribution is -0.115. The third-order valence-corrected chi connectivity index (χ3v) is 3.68. The fourth-order valence-electron chi connectivity index (χ4n) is 2.33. The number of rotatable bonds is 5. The fourth-order valence-corrected chi connectivity index (χ4v) is 2.33. The van der Waals surface area contributed by atoms with E-state index in [0.717, 1.165) is 0 Å². The van der Waals surface area contributed by atoms with Crippen molar-refractivity contribution >= 4 is 29.3 Å². The number of amides is 3. The molecule has 0 aliphatic heterocycles. The Kier molecular flexibility index (Phi) is 6.00. The van der Waals surface area contributed by atoms with Gasteiger partial charge < -0.3 is 19.8 Å². The Morgan fingerprint density at radius 1 is 1.15 bits per heavy atom. The number of nitrogens with one attached hydrogen (secondary N) is 2. The summed E-state index contributed by atoms with van der Waals surface area (Å²) in [6.45, 7) is 3.26. The number of carbonyl (C=O) groups excluding carboxylic acids is 3. The summed E-state index contributed by atoms with van der Waals surface area (Å²) < 4.78 is 9.93. The summed E-state index contributed by atoms with van der Waals surface area (Å²) in [6.07, 6.45) is -0.491. The number of carbonyl (C=O) groups is 3. The van der Waals surface area contributed by atoms with Crippen molar-refractivity contribution in [1.29, 1.82) is 0 Å². The minimum absolute atomic E-state index is 0.174. The smallest absolute Gasteiger partial charge is 0.413 e. The highest BCUT2D eigenvalue weighted by molar-refractivity contribution is 6.00. The molecule has 0 bridgehead atoms. The molecule has 0 fully saturated rings. The van der Waals surface area contributed by atoms with Gasteiger partial charge in [0, 0.05) is 18.4 Å². The Labute approximate surface area is 151 Å². The molecule has 2 N–H and O–H groups in total. The zero-order valence-electron chi connectivity index (χ0n) is 15.1. The lowest BCUT2D eigenvalue weighted by Crippen LogP contribution is -2.33. The van der Waals surface area contributed by atoms with Gasteiger partial charge in [-0.1, -0.05) is 0 Å². The Bertz CT molecular complexity index is 811. The second-order valence-electron chi connectivity index (χ2n) is 5.63. The molecule has 8 nitrogen and oxygen atoms in total. The number of ether oxygens (including phenoxy) is 1. The first-order valence-corrected chi connectivity index (χ1v) is 7.88. The van der Waals surface area contributed by atoms with Crippen molar-refractivity contribution in [2.45, 2.75) is 13.8 Å². The fraction of sp³-hybridized carbons (Fsp3) is 0.278. The summed E-state index contributed by atoms with van der Waals surface area (Å²) in [7, 11) is 2.88. The normalized spacial score (nSPS) is 10.2. The number of hydrogen-bond acceptors (Lipinski definition) is 5. The first kappa shape index (κ1) is 19.0. The van der Waals surface area contributed by atoms with Crippen LogP contribution in [0.3, 0.4) is 0 Å². The molecule has 1 heterocycles. The number of furan rings is 1. The van der Waals surface area contributed by atoms with Crippen molar-refractivity contribution in [2.24, 2.45) is 0 Å². The van der Waals surface area contributed by atoms with E-state index in [0.29, 0.717) is 28.5 Å². The molecule has 0 aliphatic rings. The van der Waals surface area contributed by atoms with Crippen LogP contribution in [0.5, 0.6) is 0 Å². The quantitative estimate of drug-likeness (QED) is 0.854. The molecule has 0 radical (unpaired) electrons. The summed E-state index contributed by atoms with van der Waals surface area (Å²) in [5.41, 5.74) is 1.57. The summed E-state index contributed by atoms with van der Waals surface area (Å²) in [4.78, 5) is 36.8. The van der Waals surface area contributed by atoms with E-state index < -0.39 is 6.09 Å². The standard InChI is InChI=1S/C18H21N3O5/c1-11-9-15(12(2)26-11)17(23)19-10-16(22)20-13-5-7-14(8-6-13)21(3)18(24)25-4/h5-9H,10H2,1-4H3,(H,19,23)(H,20,22). The Morgan fingerprint density at radius 2 is 1.81 bits per heavy atom. The van der Waals surface area contributed by atoms with Crippen LogP contribution in [0.4, 0.5) is 16.2 Å². The Morgan fingerprint density at radius 3 is 2.35 bits per heavy atom. The number of anilines is 2. The van der Waals surface area contributed by atoms with Crippen LogP contribution in [0.1, 0.15) is 21.9 Å². The predicted molar refractivity (Wildman–Crippen MR) is 96.4 cm³/mol. The summed E-state index contributed by atoms with van der Waals surface area (Å²) in [5, 5.41) is 5.21. The van der Waals surface area contributed by atoms with E-state index in [1.807, 2.05) is 0 Å². The monoisotopic (exact) mass is 359 g/mol. The van der Waals surface area contributed by atoms with E-state index in [9.17, 15) is 14.4 Å². The number of nitrogens with zero attached hydrogens (tertiary/aromatic N) is 1. The average Bonchev–Trinajstić information content (AvgIpc) is 2.97. The van der Waals surface area contributed by atoms with E-state index in [-0.39, 0.29) is 18.4 Å². The molecule has 2 aromatic rings. The SMILES string of the molecule is COC(=O)N(C)c1ccc(NC(=O)CNC(=O)c2cc(C)oc2C)cc1. The molecule has 2 rings (SSSR count). The van der Waals surface area contributed by atoms with Crippen molar-refractivity contribution < 1.29 is 23.5 Å². The summed E-state index contributed by atoms with van der Waals surface area (Å²) in [6, 6.07) is 8.26. The van der Waals surface area contributed by atoms with Crippen molar-refractivity contribution in [3.63, 3.8) is 0 Å². The van der Waals surface area contributed by atoms with Gasteiger partial charge in [0.2, 0.25) is 5.91 Å². The minimum Gasteiger partial charge on any atom is -0.466 e. The molecule has 8 heteroatoms. The van der Waals surface area contributed by atoms with Gasteiger partial charge in [0.05, 0.1) is 19.2 Å². The lowest BCUT2D eigenvalue weighted by atomic mass is 10.2. The predicted octanol–water partition coefficient (Wildman–Crippen LogP) is 2.47. The van der Waals surface area contributed by atoms with Gasteiger partial charge >= 0.3 is 6.09 Å². The van der Waals surface area contributed by atoms with Gasteiger partial charge in [-0.3, -0.25) is 14.5 Å². The Hall–Kier alpha value is -3.29. The molecule has 0 unspecified atom stereocenters. The molecule has 3 amide bonds. The number of benzene rings is 1. The third kappa shape index (κ3) is 4.62. The highest BCUT2D eigenvalue weighted by Crippen LogP contribution is 2.17. The first-order valence-electron chi connectivity index (χ1n) is 7.88. The van der Waals surface area contributed by atoms with Crippen molar-refractivity contribution in [3.8, 4) is 0 Å². The second-order valence-corrected chi connectivity index (χ2v) is 5.63. The maximum absolute atomic E-state index is 12.0. The molecule has 26 heavy (non-hydrogen) atoms. The van der Waals surface area contributed by atoms with E-state index in [4.69, 9.17) is 4.42 Å². The second kappa shape index (κ2) is 8.19. The molecule has 138 valence electrons. The largest absolute Gasteiger partial charge is 0.466 e. The van der Waals surface area contributed by atoms with E-state index in [1.165, 1.54) is 12.0 Å². The zero-order chi connectivity index (χ0) is 19.3. The zero-order valence-corrected chi connectivity index (χ0v) is 15.1. The van der Waals surface area contributed by atoms with E-state index in [2.05, 4.69) is 15.4 Å². The minimum atomic E-state index is -0.491. The van der Waals surface area contributed by atoms with Gasteiger partial charge in [-0.05, 0) is 44.2 Å². The van der Waals surface area contributed by atoms with Gasteiger partial charge in [-0.2, -0.15) is 0 Å². The van der Waals surface area contributed by atoms with Crippen molar-refractivity contribution in [3.05, 3.63) is 47.4 Å². The number of hydrogen-bond donors (Lipinski definition) is 2. The molecular weight excluding hydrogens is 338 g/mol. The lowest BCUT2D eigenvalue weighted by Gasteiger charge is -2.16. The van der Waals surface area contributed by atoms with Crippen LogP contribution in [0.2, 0.25) is 0 Å². The van der Waals surface area contributed by atoms with E-state index in [1.54, 1.807) is 51.2 Å². The molecule has 1 aromatic heterocycles.